The molecule has 3 heterocycles. The average molecular weight is 439 g/mol. The highest BCUT2D eigenvalue weighted by atomic mass is 19.1. The van der Waals surface area contributed by atoms with Crippen LogP contribution in [0, 0.1) is 12.7 Å². The maximum absolute atomic E-state index is 14.3. The molecular weight excluding hydrogens is 413 g/mol. The number of aromatic nitrogens is 2. The van der Waals surface area contributed by atoms with Crippen LogP contribution in [0.2, 0.25) is 0 Å². The number of hydrogen-bond donors (Lipinski definition) is 3. The molecule has 0 saturated carbocycles. The van der Waals surface area contributed by atoms with Crippen LogP contribution < -0.4 is 10.6 Å². The van der Waals surface area contributed by atoms with Crippen molar-refractivity contribution in [2.75, 3.05) is 23.7 Å². The fourth-order valence-corrected chi connectivity index (χ4v) is 3.81. The molecule has 1 unspecified atom stereocenters. The quantitative estimate of drug-likeness (QED) is 0.535. The van der Waals surface area contributed by atoms with E-state index in [0.29, 0.717) is 23.2 Å². The van der Waals surface area contributed by atoms with Gasteiger partial charge in [-0.2, -0.15) is 5.10 Å². The molecule has 2 amide bonds. The summed E-state index contributed by atoms with van der Waals surface area (Å²) in [6.45, 7) is 5.10. The number of H-pyrrole nitrogens is 1. The lowest BCUT2D eigenvalue weighted by Crippen LogP contribution is -2.42. The molecule has 0 bridgehead atoms. The van der Waals surface area contributed by atoms with Gasteiger partial charge in [-0.1, -0.05) is 6.42 Å². The van der Waals surface area contributed by atoms with Gasteiger partial charge < -0.3 is 15.1 Å². The van der Waals surface area contributed by atoms with Crippen LogP contribution in [0.15, 0.2) is 40.8 Å². The number of nitrogens with zero attached hydrogens (tertiary/aromatic N) is 2. The predicted octanol–water partition coefficient (Wildman–Crippen LogP) is 4.18. The first kappa shape index (κ1) is 21.8. The number of hydrogen-bond acceptors (Lipinski definition) is 5. The van der Waals surface area contributed by atoms with Crippen molar-refractivity contribution >= 4 is 23.2 Å². The number of likely N-dealkylation sites (tertiary alicyclic amines) is 1. The zero-order valence-corrected chi connectivity index (χ0v) is 18.1. The summed E-state index contributed by atoms with van der Waals surface area (Å²) in [6, 6.07) is 9.52. The standard InChI is InChI=1S/C23H26FN5O3/c1-14-5-3-4-10-29(14)13-22(30)25-16-7-8-17(24)18(11-16)26-23(31)20-12-19(27-28-20)21-9-6-15(2)32-21/h6-9,11-12,14H,3-5,10,13H2,1-2H3,(H,25,30)(H,26,31)(H,27,28). The minimum Gasteiger partial charge on any atom is -0.460 e. The molecule has 0 spiro atoms. The summed E-state index contributed by atoms with van der Waals surface area (Å²) < 4.78 is 19.8. The Morgan fingerprint density at radius 3 is 2.81 bits per heavy atom. The summed E-state index contributed by atoms with van der Waals surface area (Å²) in [4.78, 5) is 27.2. The van der Waals surface area contributed by atoms with Gasteiger partial charge in [0.2, 0.25) is 5.91 Å². The van der Waals surface area contributed by atoms with E-state index in [-0.39, 0.29) is 23.8 Å². The molecule has 1 aliphatic rings. The van der Waals surface area contributed by atoms with Crippen LogP contribution in [0.25, 0.3) is 11.5 Å². The minimum absolute atomic E-state index is 0.0440. The summed E-state index contributed by atoms with van der Waals surface area (Å²) in [5, 5.41) is 12.0. The van der Waals surface area contributed by atoms with Gasteiger partial charge in [-0.25, -0.2) is 4.39 Å². The Morgan fingerprint density at radius 2 is 2.06 bits per heavy atom. The number of benzene rings is 1. The van der Waals surface area contributed by atoms with Crippen molar-refractivity contribution in [2.24, 2.45) is 0 Å². The first-order chi connectivity index (χ1) is 15.4. The third-order valence-corrected chi connectivity index (χ3v) is 5.60. The molecule has 1 fully saturated rings. The van der Waals surface area contributed by atoms with Crippen molar-refractivity contribution in [1.82, 2.24) is 15.1 Å². The molecule has 0 aliphatic carbocycles. The smallest absolute Gasteiger partial charge is 0.276 e. The number of carbonyl (C=O) groups is 2. The Bertz CT molecular complexity index is 1120. The van der Waals surface area contributed by atoms with Crippen LogP contribution in [0.3, 0.4) is 0 Å². The summed E-state index contributed by atoms with van der Waals surface area (Å²) in [5.74, 6) is -0.0868. The molecule has 1 atom stereocenters. The normalized spacial score (nSPS) is 16.7. The molecule has 1 saturated heterocycles. The molecule has 1 aliphatic heterocycles. The van der Waals surface area contributed by atoms with Gasteiger partial charge in [0.15, 0.2) is 11.5 Å². The van der Waals surface area contributed by atoms with Crippen molar-refractivity contribution < 1.29 is 18.4 Å². The highest BCUT2D eigenvalue weighted by molar-refractivity contribution is 6.04. The molecule has 3 aromatic rings. The summed E-state index contributed by atoms with van der Waals surface area (Å²) in [6.07, 6.45) is 3.34. The molecule has 32 heavy (non-hydrogen) atoms. The Labute approximate surface area is 185 Å². The lowest BCUT2D eigenvalue weighted by atomic mass is 10.0. The number of carbonyl (C=O) groups excluding carboxylic acids is 2. The number of aromatic amines is 1. The van der Waals surface area contributed by atoms with Crippen molar-refractivity contribution in [1.29, 1.82) is 0 Å². The van der Waals surface area contributed by atoms with E-state index in [1.165, 1.54) is 30.7 Å². The number of rotatable bonds is 6. The number of amides is 2. The lowest BCUT2D eigenvalue weighted by Gasteiger charge is -2.32. The summed E-state index contributed by atoms with van der Waals surface area (Å²) >= 11 is 0. The first-order valence-electron chi connectivity index (χ1n) is 10.7. The van der Waals surface area contributed by atoms with Gasteiger partial charge in [-0.15, -0.1) is 0 Å². The van der Waals surface area contributed by atoms with Crippen LogP contribution in [0.4, 0.5) is 15.8 Å². The number of furan rings is 1. The first-order valence-corrected chi connectivity index (χ1v) is 10.7. The fourth-order valence-electron chi connectivity index (χ4n) is 3.81. The molecule has 9 heteroatoms. The monoisotopic (exact) mass is 439 g/mol. The van der Waals surface area contributed by atoms with Gasteiger partial charge in [0.1, 0.15) is 17.3 Å². The van der Waals surface area contributed by atoms with Gasteiger partial charge in [0.25, 0.3) is 5.91 Å². The Hall–Kier alpha value is -3.46. The number of nitrogens with one attached hydrogen (secondary N) is 3. The lowest BCUT2D eigenvalue weighted by molar-refractivity contribution is -0.118. The largest absolute Gasteiger partial charge is 0.460 e. The number of anilines is 2. The SMILES string of the molecule is Cc1ccc(-c2cc(C(=O)Nc3cc(NC(=O)CN4CCCCC4C)ccc3F)n[nH]2)o1. The minimum atomic E-state index is -0.613. The Morgan fingerprint density at radius 1 is 1.22 bits per heavy atom. The third-order valence-electron chi connectivity index (χ3n) is 5.60. The van der Waals surface area contributed by atoms with Gasteiger partial charge in [-0.05, 0) is 63.6 Å². The molecule has 1 aromatic carbocycles. The van der Waals surface area contributed by atoms with Crippen LogP contribution in [0.1, 0.15) is 42.4 Å². The van der Waals surface area contributed by atoms with E-state index in [1.807, 2.05) is 6.92 Å². The molecular formula is C23H26FN5O3. The topological polar surface area (TPSA) is 103 Å². The van der Waals surface area contributed by atoms with Crippen molar-refractivity contribution in [2.45, 2.75) is 39.2 Å². The fraction of sp³-hybridized carbons (Fsp3) is 0.348. The second-order valence-corrected chi connectivity index (χ2v) is 8.09. The van der Waals surface area contributed by atoms with Crippen LogP contribution in [-0.2, 0) is 4.79 Å². The van der Waals surface area contributed by atoms with E-state index in [9.17, 15) is 14.0 Å². The van der Waals surface area contributed by atoms with E-state index in [4.69, 9.17) is 4.42 Å². The average Bonchev–Trinajstić information content (AvgIpc) is 3.41. The number of piperidine rings is 1. The number of halogens is 1. The zero-order valence-electron chi connectivity index (χ0n) is 18.1. The molecule has 168 valence electrons. The van der Waals surface area contributed by atoms with Crippen molar-refractivity contribution in [3.63, 3.8) is 0 Å². The van der Waals surface area contributed by atoms with Crippen molar-refractivity contribution in [3.05, 3.63) is 53.7 Å². The number of aryl methyl sites for hydroxylation is 1. The van der Waals surface area contributed by atoms with E-state index < -0.39 is 11.7 Å². The maximum atomic E-state index is 14.3. The molecule has 4 rings (SSSR count). The van der Waals surface area contributed by atoms with Gasteiger partial charge in [-0.3, -0.25) is 19.6 Å². The van der Waals surface area contributed by atoms with E-state index in [1.54, 1.807) is 12.1 Å². The predicted molar refractivity (Wildman–Crippen MR) is 119 cm³/mol. The summed E-state index contributed by atoms with van der Waals surface area (Å²) in [7, 11) is 0. The van der Waals surface area contributed by atoms with Crippen molar-refractivity contribution in [3.8, 4) is 11.5 Å². The molecule has 8 nitrogen and oxygen atoms in total. The second kappa shape index (κ2) is 9.35. The van der Waals surface area contributed by atoms with E-state index in [2.05, 4.69) is 32.7 Å². The van der Waals surface area contributed by atoms with E-state index in [0.717, 1.165) is 25.1 Å². The highest BCUT2D eigenvalue weighted by Crippen LogP contribution is 2.23. The molecule has 0 radical (unpaired) electrons. The Kier molecular flexibility index (Phi) is 6.36. The van der Waals surface area contributed by atoms with Crippen LogP contribution in [0.5, 0.6) is 0 Å². The highest BCUT2D eigenvalue weighted by Gasteiger charge is 2.21. The maximum Gasteiger partial charge on any atom is 0.276 e. The summed E-state index contributed by atoms with van der Waals surface area (Å²) in [5.41, 5.74) is 0.987. The molecule has 2 aromatic heterocycles. The Balaban J connectivity index is 1.41. The van der Waals surface area contributed by atoms with Gasteiger partial charge >= 0.3 is 0 Å². The zero-order chi connectivity index (χ0) is 22.7. The third kappa shape index (κ3) is 5.05. The van der Waals surface area contributed by atoms with Gasteiger partial charge in [0, 0.05) is 17.8 Å². The van der Waals surface area contributed by atoms with Crippen LogP contribution >= 0.6 is 0 Å². The van der Waals surface area contributed by atoms with E-state index >= 15 is 0 Å². The van der Waals surface area contributed by atoms with Gasteiger partial charge in [0.05, 0.1) is 12.2 Å². The molecule has 3 N–H and O–H groups in total. The van der Waals surface area contributed by atoms with Crippen LogP contribution in [-0.4, -0.2) is 46.0 Å². The second-order valence-electron chi connectivity index (χ2n) is 8.09.